The van der Waals surface area contributed by atoms with Crippen molar-refractivity contribution in [1.29, 1.82) is 0 Å². The molecule has 3 aromatic rings. The second-order valence-corrected chi connectivity index (χ2v) is 10.7. The number of aromatic amines is 1. The first-order chi connectivity index (χ1) is 19.5. The SMILES string of the molecule is CC(C)CC(NC(=O)C(NC(=O)C(Cc1ccccc1)NC(=O)C(N)Cc1c[nH]c2ccccc12)C(C)O)C(=O)O. The van der Waals surface area contributed by atoms with Crippen LogP contribution in [-0.2, 0) is 32.0 Å². The molecule has 11 heteroatoms. The highest BCUT2D eigenvalue weighted by Crippen LogP contribution is 2.19. The maximum atomic E-state index is 13.4. The summed E-state index contributed by atoms with van der Waals surface area (Å²) in [5, 5.41) is 28.3. The molecular formula is C30H39N5O6. The molecule has 0 aliphatic heterocycles. The van der Waals surface area contributed by atoms with Crippen LogP contribution in [0.3, 0.4) is 0 Å². The maximum Gasteiger partial charge on any atom is 0.326 e. The van der Waals surface area contributed by atoms with Gasteiger partial charge in [-0.3, -0.25) is 14.4 Å². The van der Waals surface area contributed by atoms with Gasteiger partial charge in [-0.25, -0.2) is 4.79 Å². The molecule has 0 spiro atoms. The van der Waals surface area contributed by atoms with Crippen molar-refractivity contribution in [3.63, 3.8) is 0 Å². The van der Waals surface area contributed by atoms with Crippen molar-refractivity contribution < 1.29 is 29.4 Å². The highest BCUT2D eigenvalue weighted by molar-refractivity contribution is 5.94. The predicted octanol–water partition coefficient (Wildman–Crippen LogP) is 1.25. The van der Waals surface area contributed by atoms with E-state index in [0.717, 1.165) is 22.0 Å². The van der Waals surface area contributed by atoms with Crippen LogP contribution in [-0.4, -0.2) is 69.2 Å². The number of benzene rings is 2. The summed E-state index contributed by atoms with van der Waals surface area (Å²) >= 11 is 0. The molecular weight excluding hydrogens is 526 g/mol. The molecule has 3 amide bonds. The van der Waals surface area contributed by atoms with Gasteiger partial charge in [0.15, 0.2) is 0 Å². The number of nitrogens with two attached hydrogens (primary N) is 1. The van der Waals surface area contributed by atoms with Gasteiger partial charge in [0.2, 0.25) is 17.7 Å². The van der Waals surface area contributed by atoms with E-state index in [1.165, 1.54) is 6.92 Å². The largest absolute Gasteiger partial charge is 0.480 e. The van der Waals surface area contributed by atoms with E-state index < -0.39 is 54.0 Å². The van der Waals surface area contributed by atoms with Crippen molar-refractivity contribution in [2.75, 3.05) is 0 Å². The van der Waals surface area contributed by atoms with Crippen LogP contribution in [0.25, 0.3) is 10.9 Å². The second kappa shape index (κ2) is 14.4. The fraction of sp³-hybridized carbons (Fsp3) is 0.400. The van der Waals surface area contributed by atoms with Crippen molar-refractivity contribution in [3.8, 4) is 0 Å². The van der Waals surface area contributed by atoms with Crippen molar-refractivity contribution in [3.05, 3.63) is 71.9 Å². The number of fused-ring (bicyclic) bond motifs is 1. The molecule has 0 radical (unpaired) electrons. The van der Waals surface area contributed by atoms with Gasteiger partial charge in [0, 0.05) is 23.5 Å². The number of carbonyl (C=O) groups excluding carboxylic acids is 3. The Bertz CT molecular complexity index is 1340. The number of carboxylic acid groups (broad SMARTS) is 1. The number of hydrogen-bond donors (Lipinski definition) is 7. The van der Waals surface area contributed by atoms with Gasteiger partial charge in [-0.1, -0.05) is 62.4 Å². The fourth-order valence-electron chi connectivity index (χ4n) is 4.58. The van der Waals surface area contributed by atoms with Crippen molar-refractivity contribution in [1.82, 2.24) is 20.9 Å². The average Bonchev–Trinajstić information content (AvgIpc) is 3.33. The molecule has 5 atom stereocenters. The molecule has 8 N–H and O–H groups in total. The summed E-state index contributed by atoms with van der Waals surface area (Å²) in [5.41, 5.74) is 8.76. The maximum absolute atomic E-state index is 13.4. The van der Waals surface area contributed by atoms with Gasteiger partial charge < -0.3 is 36.9 Å². The standard InChI is InChI=1S/C30H39N5O6/c1-17(2)13-25(30(40)41)34-29(39)26(18(3)36)35-28(38)24(14-19-9-5-4-6-10-19)33-27(37)22(31)15-20-16-32-23-12-8-7-11-21(20)23/h4-12,16-18,22,24-26,32,36H,13-15,31H2,1-3H3,(H,33,37)(H,34,39)(H,35,38)(H,40,41). The Labute approximate surface area is 238 Å². The Morgan fingerprint density at radius 3 is 2.10 bits per heavy atom. The fourth-order valence-corrected chi connectivity index (χ4v) is 4.58. The van der Waals surface area contributed by atoms with E-state index in [4.69, 9.17) is 5.73 Å². The summed E-state index contributed by atoms with van der Waals surface area (Å²) in [6.45, 7) is 4.94. The molecule has 0 fully saturated rings. The van der Waals surface area contributed by atoms with Crippen molar-refractivity contribution >= 4 is 34.6 Å². The van der Waals surface area contributed by atoms with Crippen LogP contribution in [0.4, 0.5) is 0 Å². The molecule has 0 aliphatic carbocycles. The van der Waals surface area contributed by atoms with Crippen LogP contribution in [0.1, 0.15) is 38.3 Å². The Kier molecular flexibility index (Phi) is 11.0. The van der Waals surface area contributed by atoms with Gasteiger partial charge in [-0.05, 0) is 42.9 Å². The lowest BCUT2D eigenvalue weighted by molar-refractivity contribution is -0.143. The first-order valence-corrected chi connectivity index (χ1v) is 13.6. The summed E-state index contributed by atoms with van der Waals surface area (Å²) in [6, 6.07) is 11.9. The van der Waals surface area contributed by atoms with Crippen LogP contribution < -0.4 is 21.7 Å². The second-order valence-electron chi connectivity index (χ2n) is 10.7. The molecule has 1 heterocycles. The quantitative estimate of drug-likeness (QED) is 0.153. The van der Waals surface area contributed by atoms with Crippen LogP contribution in [0.5, 0.6) is 0 Å². The highest BCUT2D eigenvalue weighted by atomic mass is 16.4. The molecule has 11 nitrogen and oxygen atoms in total. The third kappa shape index (κ3) is 8.89. The Balaban J connectivity index is 1.75. The number of rotatable bonds is 14. The zero-order valence-electron chi connectivity index (χ0n) is 23.5. The van der Waals surface area contributed by atoms with E-state index in [2.05, 4.69) is 20.9 Å². The number of aliphatic hydroxyl groups excluding tert-OH is 1. The Morgan fingerprint density at radius 2 is 1.46 bits per heavy atom. The lowest BCUT2D eigenvalue weighted by Gasteiger charge is -2.27. The summed E-state index contributed by atoms with van der Waals surface area (Å²) in [5.74, 6) is -3.37. The van der Waals surface area contributed by atoms with Gasteiger partial charge in [0.25, 0.3) is 0 Å². The van der Waals surface area contributed by atoms with Gasteiger partial charge in [0.05, 0.1) is 12.1 Å². The lowest BCUT2D eigenvalue weighted by atomic mass is 10.0. The molecule has 220 valence electrons. The monoisotopic (exact) mass is 565 g/mol. The minimum atomic E-state index is -1.45. The Morgan fingerprint density at radius 1 is 0.829 bits per heavy atom. The summed E-state index contributed by atoms with van der Waals surface area (Å²) in [4.78, 5) is 54.3. The van der Waals surface area contributed by atoms with Crippen LogP contribution in [0, 0.1) is 5.92 Å². The van der Waals surface area contributed by atoms with E-state index in [-0.39, 0.29) is 25.2 Å². The minimum Gasteiger partial charge on any atom is -0.480 e. The third-order valence-corrected chi connectivity index (χ3v) is 6.75. The number of para-hydroxylation sites is 1. The van der Waals surface area contributed by atoms with E-state index in [9.17, 15) is 29.4 Å². The molecule has 0 bridgehead atoms. The Hall–Kier alpha value is -4.22. The number of carboxylic acids is 1. The lowest BCUT2D eigenvalue weighted by Crippen LogP contribution is -2.60. The van der Waals surface area contributed by atoms with E-state index in [1.807, 2.05) is 44.2 Å². The molecule has 5 unspecified atom stereocenters. The summed E-state index contributed by atoms with van der Waals surface area (Å²) in [7, 11) is 0. The van der Waals surface area contributed by atoms with Gasteiger partial charge in [-0.2, -0.15) is 0 Å². The molecule has 41 heavy (non-hydrogen) atoms. The molecule has 1 aromatic heterocycles. The molecule has 0 aliphatic rings. The van der Waals surface area contributed by atoms with E-state index in [1.54, 1.807) is 30.5 Å². The number of aliphatic hydroxyl groups is 1. The number of hydrogen-bond acceptors (Lipinski definition) is 6. The number of H-pyrrole nitrogens is 1. The van der Waals surface area contributed by atoms with Gasteiger partial charge in [0.1, 0.15) is 18.1 Å². The molecule has 0 saturated heterocycles. The minimum absolute atomic E-state index is 0.0186. The topological polar surface area (TPSA) is 187 Å². The predicted molar refractivity (Wildman–Crippen MR) is 155 cm³/mol. The molecule has 0 saturated carbocycles. The van der Waals surface area contributed by atoms with Crippen LogP contribution in [0.2, 0.25) is 0 Å². The normalized spacial score (nSPS) is 15.0. The molecule has 3 rings (SSSR count). The third-order valence-electron chi connectivity index (χ3n) is 6.75. The first kappa shape index (κ1) is 31.3. The summed E-state index contributed by atoms with van der Waals surface area (Å²) < 4.78 is 0. The van der Waals surface area contributed by atoms with E-state index in [0.29, 0.717) is 0 Å². The average molecular weight is 566 g/mol. The highest BCUT2D eigenvalue weighted by Gasteiger charge is 2.33. The van der Waals surface area contributed by atoms with Gasteiger partial charge >= 0.3 is 5.97 Å². The van der Waals surface area contributed by atoms with Gasteiger partial charge in [-0.15, -0.1) is 0 Å². The number of aromatic nitrogens is 1. The van der Waals surface area contributed by atoms with Crippen molar-refractivity contribution in [2.45, 2.75) is 70.3 Å². The smallest absolute Gasteiger partial charge is 0.326 e. The number of amides is 3. The number of carbonyl (C=O) groups is 4. The van der Waals surface area contributed by atoms with Crippen LogP contribution >= 0.6 is 0 Å². The summed E-state index contributed by atoms with van der Waals surface area (Å²) in [6.07, 6.45) is 0.937. The van der Waals surface area contributed by atoms with Crippen LogP contribution in [0.15, 0.2) is 60.8 Å². The number of nitrogens with one attached hydrogen (secondary N) is 4. The van der Waals surface area contributed by atoms with Crippen molar-refractivity contribution in [2.24, 2.45) is 11.7 Å². The molecule has 2 aromatic carbocycles. The zero-order valence-corrected chi connectivity index (χ0v) is 23.5. The first-order valence-electron chi connectivity index (χ1n) is 13.6. The number of aliphatic carboxylic acids is 1. The van der Waals surface area contributed by atoms with E-state index >= 15 is 0 Å². The zero-order chi connectivity index (χ0) is 30.1.